The average Bonchev–Trinajstić information content (AvgIpc) is 2.88. The average molecular weight is 281 g/mol. The summed E-state index contributed by atoms with van der Waals surface area (Å²) < 4.78 is 18.5. The van der Waals surface area contributed by atoms with E-state index in [0.29, 0.717) is 11.5 Å². The number of rotatable bonds is 4. The van der Waals surface area contributed by atoms with Gasteiger partial charge in [0.2, 0.25) is 0 Å². The Morgan fingerprint density at radius 2 is 2.16 bits per heavy atom. The van der Waals surface area contributed by atoms with Crippen molar-refractivity contribution in [3.05, 3.63) is 47.7 Å². The third kappa shape index (κ3) is 3.27. The van der Waals surface area contributed by atoms with Gasteiger partial charge >= 0.3 is 5.91 Å². The molecule has 0 aliphatic carbocycles. The molecule has 1 heterocycles. The highest BCUT2D eigenvalue weighted by Gasteiger charge is 2.10. The van der Waals surface area contributed by atoms with Crippen molar-refractivity contribution in [1.82, 2.24) is 5.43 Å². The van der Waals surface area contributed by atoms with Gasteiger partial charge in [0, 0.05) is 4.90 Å². The first-order chi connectivity index (χ1) is 9.10. The van der Waals surface area contributed by atoms with Crippen LogP contribution in [0.25, 0.3) is 0 Å². The summed E-state index contributed by atoms with van der Waals surface area (Å²) in [6.07, 6.45) is 0. The van der Waals surface area contributed by atoms with Crippen LogP contribution >= 0.6 is 11.8 Å². The van der Waals surface area contributed by atoms with Crippen molar-refractivity contribution in [2.45, 2.75) is 10.6 Å². The molecule has 0 saturated heterocycles. The molecule has 0 unspecified atom stereocenters. The normalized spacial score (nSPS) is 10.4. The maximum atomic E-state index is 13.2. The Morgan fingerprint density at radius 3 is 2.84 bits per heavy atom. The van der Waals surface area contributed by atoms with Gasteiger partial charge in [0.05, 0.1) is 11.4 Å². The van der Waals surface area contributed by atoms with E-state index in [1.807, 2.05) is 5.43 Å². The molecule has 100 valence electrons. The number of hydrazine groups is 1. The van der Waals surface area contributed by atoms with Crippen LogP contribution in [0.3, 0.4) is 0 Å². The Bertz CT molecular complexity index is 600. The highest BCUT2D eigenvalue weighted by atomic mass is 32.2. The number of furan rings is 1. The zero-order chi connectivity index (χ0) is 13.8. The maximum absolute atomic E-state index is 13.2. The van der Waals surface area contributed by atoms with Crippen LogP contribution in [0.4, 0.5) is 10.1 Å². The minimum Gasteiger partial charge on any atom is -0.455 e. The van der Waals surface area contributed by atoms with Crippen LogP contribution in [-0.2, 0) is 5.75 Å². The fraction of sp³-hybridized carbons (Fsp3) is 0.0833. The summed E-state index contributed by atoms with van der Waals surface area (Å²) in [6, 6.07) is 7.79. The molecule has 2 rings (SSSR count). The molecule has 0 saturated carbocycles. The number of halogens is 1. The second-order valence-electron chi connectivity index (χ2n) is 3.71. The molecule has 1 aromatic heterocycles. The Morgan fingerprint density at radius 1 is 1.37 bits per heavy atom. The predicted molar refractivity (Wildman–Crippen MR) is 70.7 cm³/mol. The third-order valence-electron chi connectivity index (χ3n) is 2.37. The summed E-state index contributed by atoms with van der Waals surface area (Å²) in [4.78, 5) is 11.9. The minimum atomic E-state index is -0.491. The highest BCUT2D eigenvalue weighted by molar-refractivity contribution is 7.98. The third-order valence-corrected chi connectivity index (χ3v) is 3.39. The van der Waals surface area contributed by atoms with Crippen molar-refractivity contribution in [2.24, 2.45) is 5.84 Å². The Hall–Kier alpha value is -1.99. The Balaban J connectivity index is 2.00. The first kappa shape index (κ1) is 13.4. The number of carbonyl (C=O) groups excluding carboxylic acids is 1. The largest absolute Gasteiger partial charge is 0.455 e. The molecular weight excluding hydrogens is 269 g/mol. The lowest BCUT2D eigenvalue weighted by Crippen LogP contribution is -2.29. The lowest BCUT2D eigenvalue weighted by atomic mass is 10.3. The molecule has 0 aliphatic rings. The molecule has 0 aliphatic heterocycles. The Kier molecular flexibility index (Phi) is 4.08. The van der Waals surface area contributed by atoms with Crippen molar-refractivity contribution in [1.29, 1.82) is 0 Å². The van der Waals surface area contributed by atoms with Crippen LogP contribution in [0.2, 0.25) is 0 Å². The van der Waals surface area contributed by atoms with Crippen molar-refractivity contribution in [3.8, 4) is 0 Å². The van der Waals surface area contributed by atoms with E-state index < -0.39 is 11.7 Å². The van der Waals surface area contributed by atoms with E-state index in [4.69, 9.17) is 16.0 Å². The summed E-state index contributed by atoms with van der Waals surface area (Å²) in [7, 11) is 0. The Labute approximate surface area is 113 Å². The number of hydrogen-bond acceptors (Lipinski definition) is 5. The van der Waals surface area contributed by atoms with Gasteiger partial charge in [-0.05, 0) is 30.3 Å². The first-order valence-electron chi connectivity index (χ1n) is 5.37. The fourth-order valence-electron chi connectivity index (χ4n) is 1.40. The molecule has 0 radical (unpaired) electrons. The number of carbonyl (C=O) groups is 1. The van der Waals surface area contributed by atoms with Gasteiger partial charge in [0.1, 0.15) is 11.6 Å². The van der Waals surface area contributed by atoms with Crippen molar-refractivity contribution in [3.63, 3.8) is 0 Å². The fourth-order valence-corrected chi connectivity index (χ4v) is 2.22. The summed E-state index contributed by atoms with van der Waals surface area (Å²) in [5.74, 6) is 5.26. The molecule has 2 aromatic rings. The van der Waals surface area contributed by atoms with Crippen molar-refractivity contribution >= 4 is 23.4 Å². The number of thioether (sulfide) groups is 1. The number of hydrogen-bond donors (Lipinski definition) is 3. The number of nitrogens with two attached hydrogens (primary N) is 2. The second-order valence-corrected chi connectivity index (χ2v) is 4.76. The van der Waals surface area contributed by atoms with E-state index in [1.54, 1.807) is 12.1 Å². The van der Waals surface area contributed by atoms with Gasteiger partial charge in [0.25, 0.3) is 0 Å². The quantitative estimate of drug-likeness (QED) is 0.261. The first-order valence-corrected chi connectivity index (χ1v) is 6.36. The van der Waals surface area contributed by atoms with E-state index in [9.17, 15) is 9.18 Å². The molecule has 19 heavy (non-hydrogen) atoms. The van der Waals surface area contributed by atoms with Crippen molar-refractivity contribution in [2.75, 3.05) is 5.73 Å². The van der Waals surface area contributed by atoms with E-state index in [0.717, 1.165) is 4.90 Å². The van der Waals surface area contributed by atoms with E-state index >= 15 is 0 Å². The molecule has 0 fully saturated rings. The van der Waals surface area contributed by atoms with Crippen molar-refractivity contribution < 1.29 is 13.6 Å². The van der Waals surface area contributed by atoms with Gasteiger partial charge < -0.3 is 10.2 Å². The lowest BCUT2D eigenvalue weighted by Gasteiger charge is -2.01. The van der Waals surface area contributed by atoms with Gasteiger partial charge in [-0.1, -0.05) is 0 Å². The van der Waals surface area contributed by atoms with Gasteiger partial charge in [0.15, 0.2) is 5.76 Å². The standard InChI is InChI=1S/C12H12FN3O2S/c13-9-5-8(2-3-10(9)14)19-6-7-1-4-11(18-7)12(17)16-15/h1-5H,6,14-15H2,(H,16,17). The summed E-state index contributed by atoms with van der Waals surface area (Å²) in [5.41, 5.74) is 7.48. The molecule has 7 heteroatoms. The number of benzene rings is 1. The topological polar surface area (TPSA) is 94.3 Å². The number of nitrogens with one attached hydrogen (secondary N) is 1. The zero-order valence-corrected chi connectivity index (χ0v) is 10.7. The maximum Gasteiger partial charge on any atom is 0.300 e. The summed E-state index contributed by atoms with van der Waals surface area (Å²) in [5, 5.41) is 0. The summed E-state index contributed by atoms with van der Waals surface area (Å²) >= 11 is 1.38. The highest BCUT2D eigenvalue weighted by Crippen LogP contribution is 2.26. The van der Waals surface area contributed by atoms with Gasteiger partial charge in [-0.15, -0.1) is 11.8 Å². The lowest BCUT2D eigenvalue weighted by molar-refractivity contribution is 0.0924. The molecule has 1 aromatic carbocycles. The van der Waals surface area contributed by atoms with Crippen LogP contribution in [0.5, 0.6) is 0 Å². The molecule has 1 amide bonds. The number of anilines is 1. The SMILES string of the molecule is NNC(=O)c1ccc(CSc2ccc(N)c(F)c2)o1. The molecular formula is C12H12FN3O2S. The second kappa shape index (κ2) is 5.77. The molecule has 5 N–H and O–H groups in total. The van der Waals surface area contributed by atoms with Gasteiger partial charge in [-0.3, -0.25) is 10.2 Å². The number of amides is 1. The van der Waals surface area contributed by atoms with Gasteiger partial charge in [-0.2, -0.15) is 0 Å². The van der Waals surface area contributed by atoms with E-state index in [-0.39, 0.29) is 11.4 Å². The van der Waals surface area contributed by atoms with Gasteiger partial charge in [-0.25, -0.2) is 10.2 Å². The van der Waals surface area contributed by atoms with Crippen LogP contribution in [0, 0.1) is 5.82 Å². The predicted octanol–water partition coefficient (Wildman–Crippen LogP) is 1.90. The van der Waals surface area contributed by atoms with Crippen LogP contribution in [-0.4, -0.2) is 5.91 Å². The molecule has 5 nitrogen and oxygen atoms in total. The smallest absolute Gasteiger partial charge is 0.300 e. The summed E-state index contributed by atoms with van der Waals surface area (Å²) in [6.45, 7) is 0. The zero-order valence-electron chi connectivity index (χ0n) is 9.85. The monoisotopic (exact) mass is 281 g/mol. The molecule has 0 spiro atoms. The van der Waals surface area contributed by atoms with Crippen LogP contribution < -0.4 is 17.0 Å². The number of nitrogen functional groups attached to an aromatic ring is 2. The minimum absolute atomic E-state index is 0.115. The van der Waals surface area contributed by atoms with E-state index in [1.165, 1.54) is 30.0 Å². The van der Waals surface area contributed by atoms with E-state index in [2.05, 4.69) is 0 Å². The van der Waals surface area contributed by atoms with Crippen LogP contribution in [0.1, 0.15) is 16.3 Å². The van der Waals surface area contributed by atoms with Crippen LogP contribution in [0.15, 0.2) is 39.6 Å². The molecule has 0 atom stereocenters. The molecule has 0 bridgehead atoms.